The van der Waals surface area contributed by atoms with Crippen molar-refractivity contribution in [2.24, 2.45) is 5.73 Å². The number of rotatable bonds is 6. The maximum absolute atomic E-state index is 14.7. The molecule has 3 aromatic carbocycles. The summed E-state index contributed by atoms with van der Waals surface area (Å²) in [6, 6.07) is 18.2. The number of nitriles is 1. The lowest BCUT2D eigenvalue weighted by atomic mass is 9.83. The van der Waals surface area contributed by atoms with Crippen LogP contribution in [0.15, 0.2) is 72.1 Å². The molecule has 1 aliphatic rings. The van der Waals surface area contributed by atoms with Gasteiger partial charge in [0, 0.05) is 22.2 Å². The fourth-order valence-corrected chi connectivity index (χ4v) is 3.98. The molecule has 0 fully saturated rings. The number of halogens is 2. The molecule has 1 heterocycles. The Kier molecular flexibility index (Phi) is 6.71. The number of carbonyl (C=O) groups is 1. The Morgan fingerprint density at radius 1 is 1.18 bits per heavy atom. The number of nitrogens with zero attached hydrogens (tertiary/aromatic N) is 1. The number of hydrogen-bond acceptors (Lipinski definition) is 6. The number of aryl methyl sites for hydroxylation is 1. The third-order valence-electron chi connectivity index (χ3n) is 5.40. The minimum absolute atomic E-state index is 0.0340. The van der Waals surface area contributed by atoms with Crippen LogP contribution in [0.3, 0.4) is 0 Å². The molecule has 4 rings (SSSR count). The van der Waals surface area contributed by atoms with Crippen molar-refractivity contribution in [1.29, 1.82) is 5.26 Å². The van der Waals surface area contributed by atoms with Gasteiger partial charge in [-0.1, -0.05) is 42.8 Å². The summed E-state index contributed by atoms with van der Waals surface area (Å²) >= 11 is 6.26. The van der Waals surface area contributed by atoms with Crippen LogP contribution in [0.4, 0.5) is 4.39 Å². The maximum Gasteiger partial charge on any atom is 0.349 e. The van der Waals surface area contributed by atoms with Gasteiger partial charge in [0.15, 0.2) is 6.61 Å². The predicted molar refractivity (Wildman–Crippen MR) is 124 cm³/mol. The molecule has 0 saturated heterocycles. The lowest BCUT2D eigenvalue weighted by Gasteiger charge is -2.27. The zero-order chi connectivity index (χ0) is 24.2. The van der Waals surface area contributed by atoms with Crippen LogP contribution in [-0.2, 0) is 11.2 Å². The molecule has 6 nitrogen and oxygen atoms in total. The van der Waals surface area contributed by atoms with Crippen LogP contribution in [0.1, 0.15) is 29.5 Å². The number of hydrogen-bond donors (Lipinski definition) is 1. The second-order valence-electron chi connectivity index (χ2n) is 7.52. The molecule has 34 heavy (non-hydrogen) atoms. The van der Waals surface area contributed by atoms with Gasteiger partial charge in [0.1, 0.15) is 34.7 Å². The average molecular weight is 479 g/mol. The van der Waals surface area contributed by atoms with E-state index in [1.54, 1.807) is 18.2 Å². The fourth-order valence-electron chi connectivity index (χ4n) is 3.71. The smallest absolute Gasteiger partial charge is 0.349 e. The van der Waals surface area contributed by atoms with E-state index in [1.807, 2.05) is 25.1 Å². The normalized spacial score (nSPS) is 14.6. The van der Waals surface area contributed by atoms with Gasteiger partial charge in [0.05, 0.1) is 5.92 Å². The van der Waals surface area contributed by atoms with Crippen molar-refractivity contribution in [3.63, 3.8) is 0 Å². The molecule has 1 aliphatic heterocycles. The Bertz CT molecular complexity index is 1300. The van der Waals surface area contributed by atoms with Crippen LogP contribution >= 0.6 is 11.6 Å². The summed E-state index contributed by atoms with van der Waals surface area (Å²) in [5.41, 5.74) is 7.73. The molecule has 8 heteroatoms. The number of benzene rings is 3. The van der Waals surface area contributed by atoms with Crippen LogP contribution in [-0.4, -0.2) is 12.6 Å². The molecular formula is C26H20ClFN2O4. The molecule has 3 aromatic rings. The number of allylic oxidation sites excluding steroid dienone is 1. The number of ether oxygens (including phenoxy) is 3. The number of nitrogens with two attached hydrogens (primary N) is 1. The van der Waals surface area contributed by atoms with E-state index >= 15 is 0 Å². The molecule has 0 spiro atoms. The van der Waals surface area contributed by atoms with Gasteiger partial charge in [0.2, 0.25) is 5.88 Å². The van der Waals surface area contributed by atoms with Gasteiger partial charge in [-0.3, -0.25) is 0 Å². The molecule has 0 bridgehead atoms. The quantitative estimate of drug-likeness (QED) is 0.384. The van der Waals surface area contributed by atoms with Crippen LogP contribution in [0, 0.1) is 17.1 Å². The highest BCUT2D eigenvalue weighted by molar-refractivity contribution is 6.31. The van der Waals surface area contributed by atoms with E-state index in [9.17, 15) is 14.4 Å². The van der Waals surface area contributed by atoms with Gasteiger partial charge < -0.3 is 19.9 Å². The van der Waals surface area contributed by atoms with Crippen molar-refractivity contribution in [3.8, 4) is 23.3 Å². The first-order valence-corrected chi connectivity index (χ1v) is 10.9. The first-order chi connectivity index (χ1) is 16.4. The van der Waals surface area contributed by atoms with Crippen LogP contribution in [0.5, 0.6) is 17.2 Å². The van der Waals surface area contributed by atoms with Gasteiger partial charge in [0.25, 0.3) is 0 Å². The first kappa shape index (κ1) is 23.1. The third kappa shape index (κ3) is 4.68. The molecule has 0 aromatic heterocycles. The average Bonchev–Trinajstić information content (AvgIpc) is 2.82. The zero-order valence-corrected chi connectivity index (χ0v) is 18.9. The van der Waals surface area contributed by atoms with E-state index in [0.717, 1.165) is 12.0 Å². The topological polar surface area (TPSA) is 94.6 Å². The molecule has 0 aliphatic carbocycles. The summed E-state index contributed by atoms with van der Waals surface area (Å²) in [6.07, 6.45) is 0.905. The van der Waals surface area contributed by atoms with Gasteiger partial charge >= 0.3 is 5.97 Å². The summed E-state index contributed by atoms with van der Waals surface area (Å²) in [7, 11) is 0. The highest BCUT2D eigenvalue weighted by Crippen LogP contribution is 2.46. The van der Waals surface area contributed by atoms with E-state index in [0.29, 0.717) is 11.3 Å². The summed E-state index contributed by atoms with van der Waals surface area (Å²) in [5.74, 6) is -1.30. The molecular weight excluding hydrogens is 459 g/mol. The molecule has 2 N–H and O–H groups in total. The van der Waals surface area contributed by atoms with Gasteiger partial charge in [-0.05, 0) is 42.3 Å². The standard InChI is InChI=1S/C26H20ClFN2O4/c1-2-15-6-8-16(9-7-15)32-14-23(31)33-17-10-11-18-22(12-17)34-26(30)19(13-29)24(18)25-20(27)4-3-5-21(25)28/h3-12,24H,2,14,30H2,1H3. The highest BCUT2D eigenvalue weighted by Gasteiger charge is 2.34. The summed E-state index contributed by atoms with van der Waals surface area (Å²) in [5, 5.41) is 9.79. The molecule has 0 amide bonds. The Morgan fingerprint density at radius 2 is 1.91 bits per heavy atom. The van der Waals surface area contributed by atoms with Crippen molar-refractivity contribution in [1.82, 2.24) is 0 Å². The van der Waals surface area contributed by atoms with Crippen LogP contribution in [0.25, 0.3) is 0 Å². The van der Waals surface area contributed by atoms with Gasteiger partial charge in [-0.25, -0.2) is 9.18 Å². The Balaban J connectivity index is 1.55. The largest absolute Gasteiger partial charge is 0.482 e. The minimum Gasteiger partial charge on any atom is -0.482 e. The third-order valence-corrected chi connectivity index (χ3v) is 5.73. The fraction of sp³-hybridized carbons (Fsp3) is 0.154. The maximum atomic E-state index is 14.7. The van der Waals surface area contributed by atoms with Crippen molar-refractivity contribution in [3.05, 3.63) is 99.7 Å². The molecule has 0 saturated carbocycles. The summed E-state index contributed by atoms with van der Waals surface area (Å²) in [6.45, 7) is 1.75. The Hall–Kier alpha value is -4.02. The van der Waals surface area contributed by atoms with Crippen LogP contribution in [0.2, 0.25) is 5.02 Å². The SMILES string of the molecule is CCc1ccc(OCC(=O)Oc2ccc3c(c2)OC(N)=C(C#N)C3c2c(F)cccc2Cl)cc1. The van der Waals surface area contributed by atoms with E-state index in [1.165, 1.54) is 30.3 Å². The number of carbonyl (C=O) groups excluding carboxylic acids is 1. The zero-order valence-electron chi connectivity index (χ0n) is 18.2. The number of fused-ring (bicyclic) bond motifs is 1. The highest BCUT2D eigenvalue weighted by atomic mass is 35.5. The molecule has 1 atom stereocenters. The van der Waals surface area contributed by atoms with Crippen LogP contribution < -0.4 is 19.9 Å². The molecule has 172 valence electrons. The van der Waals surface area contributed by atoms with Gasteiger partial charge in [-0.15, -0.1) is 0 Å². The summed E-state index contributed by atoms with van der Waals surface area (Å²) < 4.78 is 31.1. The van der Waals surface area contributed by atoms with E-state index < -0.39 is 17.7 Å². The molecule has 0 radical (unpaired) electrons. The predicted octanol–water partition coefficient (Wildman–Crippen LogP) is 5.24. The van der Waals surface area contributed by atoms with Crippen molar-refractivity contribution in [2.45, 2.75) is 19.3 Å². The van der Waals surface area contributed by atoms with Gasteiger partial charge in [-0.2, -0.15) is 5.26 Å². The Labute approximate surface area is 200 Å². The Morgan fingerprint density at radius 3 is 2.59 bits per heavy atom. The molecule has 1 unspecified atom stereocenters. The summed E-state index contributed by atoms with van der Waals surface area (Å²) in [4.78, 5) is 12.3. The first-order valence-electron chi connectivity index (χ1n) is 10.5. The number of esters is 1. The second kappa shape index (κ2) is 9.86. The van der Waals surface area contributed by atoms with Crippen molar-refractivity contribution in [2.75, 3.05) is 6.61 Å². The minimum atomic E-state index is -0.873. The second-order valence-corrected chi connectivity index (χ2v) is 7.93. The lowest BCUT2D eigenvalue weighted by molar-refractivity contribution is -0.136. The van der Waals surface area contributed by atoms with E-state index in [2.05, 4.69) is 0 Å². The van der Waals surface area contributed by atoms with E-state index in [4.69, 9.17) is 31.5 Å². The van der Waals surface area contributed by atoms with Crippen molar-refractivity contribution >= 4 is 17.6 Å². The monoisotopic (exact) mass is 478 g/mol. The van der Waals surface area contributed by atoms with E-state index in [-0.39, 0.29) is 40.1 Å². The lowest BCUT2D eigenvalue weighted by Crippen LogP contribution is -2.22. The van der Waals surface area contributed by atoms with Crippen molar-refractivity contribution < 1.29 is 23.4 Å².